The number of carbonyl (C=O) groups is 3. The maximum Gasteiger partial charge on any atom is 0.325 e. The number of imide groups is 1. The Bertz CT molecular complexity index is 463. The number of hydrogen-bond acceptors (Lipinski definition) is 4. The van der Waals surface area contributed by atoms with Gasteiger partial charge < -0.3 is 15.3 Å². The molecule has 0 aromatic heterocycles. The molecule has 1 aliphatic carbocycles. The van der Waals surface area contributed by atoms with E-state index in [4.69, 9.17) is 0 Å². The van der Waals surface area contributed by atoms with Gasteiger partial charge >= 0.3 is 6.03 Å². The lowest BCUT2D eigenvalue weighted by Crippen LogP contribution is -2.50. The van der Waals surface area contributed by atoms with Crippen LogP contribution < -0.4 is 5.32 Å². The first kappa shape index (κ1) is 15.8. The number of nitrogens with one attached hydrogen (secondary N) is 1. The van der Waals surface area contributed by atoms with Crippen molar-refractivity contribution in [2.75, 3.05) is 13.6 Å². The van der Waals surface area contributed by atoms with Gasteiger partial charge in [0.2, 0.25) is 5.91 Å². The third-order valence-electron chi connectivity index (χ3n) is 4.32. The smallest absolute Gasteiger partial charge is 0.325 e. The number of rotatable bonds is 3. The Labute approximate surface area is 124 Å². The van der Waals surface area contributed by atoms with Crippen LogP contribution >= 0.6 is 0 Å². The zero-order chi connectivity index (χ0) is 15.8. The Hall–Kier alpha value is -1.63. The summed E-state index contributed by atoms with van der Waals surface area (Å²) in [5.74, 6) is -0.736. The molecule has 0 aromatic rings. The molecule has 0 spiro atoms. The SMILES string of the molecule is CN(C(=O)CN1C(=O)NC(C)(C)C1=O)C1CCCCC1O. The lowest BCUT2D eigenvalue weighted by molar-refractivity contribution is -0.141. The summed E-state index contributed by atoms with van der Waals surface area (Å²) in [4.78, 5) is 38.5. The van der Waals surface area contributed by atoms with Gasteiger partial charge in [0.15, 0.2) is 0 Å². The third kappa shape index (κ3) is 3.02. The van der Waals surface area contributed by atoms with Crippen LogP contribution in [0.1, 0.15) is 39.5 Å². The number of likely N-dealkylation sites (N-methyl/N-ethyl adjacent to an activating group) is 1. The predicted molar refractivity (Wildman–Crippen MR) is 75.4 cm³/mol. The first-order valence-corrected chi connectivity index (χ1v) is 7.32. The molecule has 4 amide bonds. The number of aliphatic hydroxyl groups excluding tert-OH is 1. The van der Waals surface area contributed by atoms with Gasteiger partial charge in [-0.1, -0.05) is 12.8 Å². The van der Waals surface area contributed by atoms with Crippen molar-refractivity contribution in [1.82, 2.24) is 15.1 Å². The molecular formula is C14H23N3O4. The van der Waals surface area contributed by atoms with Gasteiger partial charge in [-0.05, 0) is 26.7 Å². The second-order valence-electron chi connectivity index (χ2n) is 6.37. The monoisotopic (exact) mass is 297 g/mol. The van der Waals surface area contributed by atoms with E-state index in [-0.39, 0.29) is 18.5 Å². The number of amides is 4. The van der Waals surface area contributed by atoms with Crippen LogP contribution in [0.15, 0.2) is 0 Å². The molecular weight excluding hydrogens is 274 g/mol. The fraction of sp³-hybridized carbons (Fsp3) is 0.786. The van der Waals surface area contributed by atoms with E-state index >= 15 is 0 Å². The number of carbonyl (C=O) groups excluding carboxylic acids is 3. The van der Waals surface area contributed by atoms with Gasteiger partial charge in [-0.2, -0.15) is 0 Å². The topological polar surface area (TPSA) is 90.0 Å². The highest BCUT2D eigenvalue weighted by Gasteiger charge is 2.45. The number of nitrogens with zero attached hydrogens (tertiary/aromatic N) is 2. The lowest BCUT2D eigenvalue weighted by atomic mass is 9.91. The molecule has 0 bridgehead atoms. The van der Waals surface area contributed by atoms with Crippen LogP contribution in [-0.4, -0.2) is 64.0 Å². The molecule has 1 saturated heterocycles. The molecule has 1 aliphatic heterocycles. The zero-order valence-electron chi connectivity index (χ0n) is 12.8. The van der Waals surface area contributed by atoms with Crippen LogP contribution in [0.5, 0.6) is 0 Å². The Morgan fingerprint density at radius 1 is 1.38 bits per heavy atom. The molecule has 7 nitrogen and oxygen atoms in total. The fourth-order valence-corrected chi connectivity index (χ4v) is 2.94. The Morgan fingerprint density at radius 3 is 2.52 bits per heavy atom. The van der Waals surface area contributed by atoms with Crippen molar-refractivity contribution in [2.24, 2.45) is 0 Å². The summed E-state index contributed by atoms with van der Waals surface area (Å²) >= 11 is 0. The maximum atomic E-state index is 12.3. The van der Waals surface area contributed by atoms with E-state index in [0.29, 0.717) is 6.42 Å². The van der Waals surface area contributed by atoms with Crippen molar-refractivity contribution in [3.05, 3.63) is 0 Å². The van der Waals surface area contributed by atoms with E-state index in [1.165, 1.54) is 4.90 Å². The quantitative estimate of drug-likeness (QED) is 0.722. The molecule has 2 rings (SSSR count). The van der Waals surface area contributed by atoms with Crippen molar-refractivity contribution in [3.63, 3.8) is 0 Å². The minimum absolute atomic E-state index is 0.236. The molecule has 2 fully saturated rings. The molecule has 2 aliphatic rings. The Kier molecular flexibility index (Phi) is 4.22. The number of aliphatic hydroxyl groups is 1. The average molecular weight is 297 g/mol. The van der Waals surface area contributed by atoms with Gasteiger partial charge in [0.05, 0.1) is 12.1 Å². The minimum atomic E-state index is -0.972. The summed E-state index contributed by atoms with van der Waals surface area (Å²) < 4.78 is 0. The highest BCUT2D eigenvalue weighted by atomic mass is 16.3. The fourth-order valence-electron chi connectivity index (χ4n) is 2.94. The van der Waals surface area contributed by atoms with Crippen molar-refractivity contribution >= 4 is 17.8 Å². The summed E-state index contributed by atoms with van der Waals surface area (Å²) in [7, 11) is 1.62. The van der Waals surface area contributed by atoms with Crippen LogP contribution in [0.25, 0.3) is 0 Å². The molecule has 1 heterocycles. The summed E-state index contributed by atoms with van der Waals surface area (Å²) in [5, 5.41) is 12.5. The molecule has 7 heteroatoms. The summed E-state index contributed by atoms with van der Waals surface area (Å²) in [5.41, 5.74) is -0.972. The molecule has 2 N–H and O–H groups in total. The standard InChI is InChI=1S/C14H23N3O4/c1-14(2)12(20)17(13(21)15-14)8-11(19)16(3)9-6-4-5-7-10(9)18/h9-10,18H,4-8H2,1-3H3,(H,15,21). The summed E-state index contributed by atoms with van der Waals surface area (Å²) in [6, 6.07) is -0.782. The van der Waals surface area contributed by atoms with Crippen LogP contribution in [0, 0.1) is 0 Å². The molecule has 21 heavy (non-hydrogen) atoms. The molecule has 0 radical (unpaired) electrons. The van der Waals surface area contributed by atoms with Crippen LogP contribution in [-0.2, 0) is 9.59 Å². The van der Waals surface area contributed by atoms with E-state index in [2.05, 4.69) is 5.32 Å². The molecule has 2 unspecified atom stereocenters. The van der Waals surface area contributed by atoms with Gasteiger partial charge in [0, 0.05) is 7.05 Å². The second kappa shape index (κ2) is 5.63. The minimum Gasteiger partial charge on any atom is -0.391 e. The molecule has 2 atom stereocenters. The van der Waals surface area contributed by atoms with E-state index < -0.39 is 23.6 Å². The maximum absolute atomic E-state index is 12.3. The van der Waals surface area contributed by atoms with Gasteiger partial charge in [-0.15, -0.1) is 0 Å². The van der Waals surface area contributed by atoms with Gasteiger partial charge in [0.1, 0.15) is 12.1 Å². The normalized spacial score (nSPS) is 28.5. The van der Waals surface area contributed by atoms with Gasteiger partial charge in [-0.25, -0.2) is 4.79 Å². The van der Waals surface area contributed by atoms with Gasteiger partial charge in [0.25, 0.3) is 5.91 Å². The highest BCUT2D eigenvalue weighted by Crippen LogP contribution is 2.23. The second-order valence-corrected chi connectivity index (χ2v) is 6.37. The summed E-state index contributed by atoms with van der Waals surface area (Å²) in [6.07, 6.45) is 2.82. The van der Waals surface area contributed by atoms with Crippen LogP contribution in [0.4, 0.5) is 4.79 Å². The third-order valence-corrected chi connectivity index (χ3v) is 4.32. The Balaban J connectivity index is 2.01. The first-order valence-electron chi connectivity index (χ1n) is 7.32. The zero-order valence-corrected chi connectivity index (χ0v) is 12.8. The lowest BCUT2D eigenvalue weighted by Gasteiger charge is -2.35. The molecule has 118 valence electrons. The van der Waals surface area contributed by atoms with Crippen molar-refractivity contribution < 1.29 is 19.5 Å². The van der Waals surface area contributed by atoms with Crippen molar-refractivity contribution in [2.45, 2.75) is 57.2 Å². The van der Waals surface area contributed by atoms with Gasteiger partial charge in [-0.3, -0.25) is 14.5 Å². The number of hydrogen-bond donors (Lipinski definition) is 2. The van der Waals surface area contributed by atoms with E-state index in [9.17, 15) is 19.5 Å². The Morgan fingerprint density at radius 2 is 2.00 bits per heavy atom. The van der Waals surface area contributed by atoms with Crippen LogP contribution in [0.3, 0.4) is 0 Å². The predicted octanol–water partition coefficient (Wildman–Crippen LogP) is 0.0787. The molecule has 1 saturated carbocycles. The first-order chi connectivity index (χ1) is 9.74. The number of urea groups is 1. The van der Waals surface area contributed by atoms with E-state index in [0.717, 1.165) is 24.2 Å². The largest absolute Gasteiger partial charge is 0.391 e. The average Bonchev–Trinajstić information content (AvgIpc) is 2.60. The van der Waals surface area contributed by atoms with E-state index in [1.807, 2.05) is 0 Å². The highest BCUT2D eigenvalue weighted by molar-refractivity contribution is 6.08. The van der Waals surface area contributed by atoms with Crippen molar-refractivity contribution in [1.29, 1.82) is 0 Å². The van der Waals surface area contributed by atoms with Crippen LogP contribution in [0.2, 0.25) is 0 Å². The van der Waals surface area contributed by atoms with E-state index in [1.54, 1.807) is 20.9 Å². The molecule has 0 aromatic carbocycles. The summed E-state index contributed by atoms with van der Waals surface area (Å²) in [6.45, 7) is 2.92. The van der Waals surface area contributed by atoms with Crippen molar-refractivity contribution in [3.8, 4) is 0 Å².